The standard InChI is InChI=1S/C12H12BNO3/c1-12(7-9-5-3-2-4-6-9)8-17-11(16)14(12)10(13)15/h2-6H,7-8H2,1H3. The predicted octanol–water partition coefficient (Wildman–Crippen LogP) is 1.73. The number of nitrogens with zero attached hydrogens (tertiary/aromatic N) is 1. The van der Waals surface area contributed by atoms with Crippen LogP contribution in [-0.4, -0.2) is 36.8 Å². The van der Waals surface area contributed by atoms with Gasteiger partial charge in [-0.1, -0.05) is 30.3 Å². The third-order valence-electron chi connectivity index (χ3n) is 2.88. The summed E-state index contributed by atoms with van der Waals surface area (Å²) in [5, 5.41) is 0. The Bertz CT molecular complexity index is 448. The summed E-state index contributed by atoms with van der Waals surface area (Å²) >= 11 is 0. The van der Waals surface area contributed by atoms with Crippen molar-refractivity contribution in [3.8, 4) is 0 Å². The molecule has 86 valence electrons. The first kappa shape index (κ1) is 11.7. The molecule has 0 N–H and O–H groups in total. The van der Waals surface area contributed by atoms with Crippen molar-refractivity contribution in [1.82, 2.24) is 4.90 Å². The number of hydrogen-bond donors (Lipinski definition) is 0. The van der Waals surface area contributed by atoms with Crippen LogP contribution in [0.15, 0.2) is 30.3 Å². The number of rotatable bonds is 2. The van der Waals surface area contributed by atoms with E-state index in [-0.39, 0.29) is 6.61 Å². The van der Waals surface area contributed by atoms with E-state index in [0.717, 1.165) is 10.5 Å². The molecule has 1 aliphatic heterocycles. The lowest BCUT2D eigenvalue weighted by molar-refractivity contribution is 0.162. The van der Waals surface area contributed by atoms with E-state index in [2.05, 4.69) is 0 Å². The maximum atomic E-state index is 11.4. The largest absolute Gasteiger partial charge is 0.447 e. The lowest BCUT2D eigenvalue weighted by atomic mass is 9.91. The summed E-state index contributed by atoms with van der Waals surface area (Å²) in [6.07, 6.45) is -0.140. The van der Waals surface area contributed by atoms with Crippen molar-refractivity contribution < 1.29 is 14.3 Å². The van der Waals surface area contributed by atoms with Gasteiger partial charge in [0.2, 0.25) is 7.85 Å². The van der Waals surface area contributed by atoms with Gasteiger partial charge in [0.15, 0.2) is 5.81 Å². The number of amides is 2. The molecule has 1 aliphatic rings. The molecule has 2 amide bonds. The average molecular weight is 229 g/mol. The summed E-state index contributed by atoms with van der Waals surface area (Å²) in [4.78, 5) is 23.7. The van der Waals surface area contributed by atoms with E-state index in [0.29, 0.717) is 6.42 Å². The Hall–Kier alpha value is -1.78. The number of hydrogen-bond acceptors (Lipinski definition) is 3. The van der Waals surface area contributed by atoms with Gasteiger partial charge in [0.05, 0.1) is 5.54 Å². The minimum atomic E-state index is -0.772. The van der Waals surface area contributed by atoms with E-state index in [4.69, 9.17) is 12.6 Å². The van der Waals surface area contributed by atoms with E-state index in [1.807, 2.05) is 30.3 Å². The summed E-state index contributed by atoms with van der Waals surface area (Å²) in [7, 11) is 5.20. The molecule has 1 aromatic carbocycles. The first-order valence-electron chi connectivity index (χ1n) is 5.33. The molecule has 0 aromatic heterocycles. The van der Waals surface area contributed by atoms with Crippen molar-refractivity contribution in [3.63, 3.8) is 0 Å². The number of carbonyl (C=O) groups excluding carboxylic acids is 2. The molecule has 1 fully saturated rings. The van der Waals surface area contributed by atoms with E-state index in [1.165, 1.54) is 0 Å². The quantitative estimate of drug-likeness (QED) is 0.725. The van der Waals surface area contributed by atoms with Gasteiger partial charge in [-0.05, 0) is 18.9 Å². The normalized spacial score (nSPS) is 23.6. The highest BCUT2D eigenvalue weighted by Gasteiger charge is 2.45. The first-order valence-corrected chi connectivity index (χ1v) is 5.33. The second-order valence-corrected chi connectivity index (χ2v) is 4.39. The summed E-state index contributed by atoms with van der Waals surface area (Å²) in [5.41, 5.74) is 0.323. The van der Waals surface area contributed by atoms with Crippen LogP contribution in [0.1, 0.15) is 12.5 Å². The van der Waals surface area contributed by atoms with Crippen LogP contribution in [0.25, 0.3) is 0 Å². The molecule has 2 rings (SSSR count). The van der Waals surface area contributed by atoms with Crippen LogP contribution in [0.3, 0.4) is 0 Å². The Balaban J connectivity index is 2.24. The number of benzene rings is 1. The maximum absolute atomic E-state index is 11.4. The van der Waals surface area contributed by atoms with Crippen molar-refractivity contribution in [3.05, 3.63) is 35.9 Å². The summed E-state index contributed by atoms with van der Waals surface area (Å²) in [6, 6.07) is 9.60. The summed E-state index contributed by atoms with van der Waals surface area (Å²) in [5.74, 6) is -0.772. The molecule has 17 heavy (non-hydrogen) atoms. The molecular formula is C12H12BNO3. The molecule has 1 aromatic rings. The average Bonchev–Trinajstić information content (AvgIpc) is 2.55. The molecule has 0 aliphatic carbocycles. The van der Waals surface area contributed by atoms with Gasteiger partial charge in [-0.15, -0.1) is 0 Å². The van der Waals surface area contributed by atoms with Gasteiger partial charge in [0.1, 0.15) is 6.61 Å². The molecule has 0 saturated carbocycles. The van der Waals surface area contributed by atoms with Crippen LogP contribution in [-0.2, 0) is 11.2 Å². The molecule has 1 heterocycles. The van der Waals surface area contributed by atoms with E-state index in [1.54, 1.807) is 6.92 Å². The number of cyclic esters (lactones) is 1. The minimum absolute atomic E-state index is 0.170. The van der Waals surface area contributed by atoms with E-state index < -0.39 is 17.4 Å². The van der Waals surface area contributed by atoms with Gasteiger partial charge in [-0.2, -0.15) is 0 Å². The van der Waals surface area contributed by atoms with Crippen LogP contribution < -0.4 is 0 Å². The lowest BCUT2D eigenvalue weighted by Gasteiger charge is -2.29. The van der Waals surface area contributed by atoms with Crippen LogP contribution in [0.2, 0.25) is 0 Å². The maximum Gasteiger partial charge on any atom is 0.416 e. The number of ether oxygens (including phenoxy) is 1. The van der Waals surface area contributed by atoms with Gasteiger partial charge >= 0.3 is 6.09 Å². The lowest BCUT2D eigenvalue weighted by Crippen LogP contribution is -2.49. The number of imide groups is 1. The third kappa shape index (κ3) is 2.18. The van der Waals surface area contributed by atoms with Gasteiger partial charge in [0.25, 0.3) is 0 Å². The van der Waals surface area contributed by atoms with Gasteiger partial charge in [-0.3, -0.25) is 4.79 Å². The predicted molar refractivity (Wildman–Crippen MR) is 62.9 cm³/mol. The Morgan fingerprint density at radius 2 is 2.12 bits per heavy atom. The highest BCUT2D eigenvalue weighted by molar-refractivity contribution is 6.58. The molecule has 0 spiro atoms. The second kappa shape index (κ2) is 4.24. The smallest absolute Gasteiger partial charge is 0.416 e. The Labute approximate surface area is 101 Å². The van der Waals surface area contributed by atoms with Crippen molar-refractivity contribution in [1.29, 1.82) is 0 Å². The fraction of sp³-hybridized carbons (Fsp3) is 0.333. The van der Waals surface area contributed by atoms with Crippen LogP contribution in [0.5, 0.6) is 0 Å². The SMILES string of the molecule is [B]C(=O)N1C(=O)OCC1(C)Cc1ccccc1. The van der Waals surface area contributed by atoms with Crippen LogP contribution >= 0.6 is 0 Å². The molecule has 5 heteroatoms. The zero-order valence-electron chi connectivity index (χ0n) is 9.55. The molecule has 4 nitrogen and oxygen atoms in total. The molecule has 1 atom stereocenters. The van der Waals surface area contributed by atoms with Gasteiger partial charge in [0, 0.05) is 0 Å². The second-order valence-electron chi connectivity index (χ2n) is 4.39. The topological polar surface area (TPSA) is 46.6 Å². The molecule has 0 bridgehead atoms. The Morgan fingerprint density at radius 1 is 1.47 bits per heavy atom. The fourth-order valence-electron chi connectivity index (χ4n) is 2.09. The van der Waals surface area contributed by atoms with Crippen LogP contribution in [0.4, 0.5) is 9.59 Å². The van der Waals surface area contributed by atoms with Crippen molar-refractivity contribution in [2.24, 2.45) is 0 Å². The Kier molecular flexibility index (Phi) is 2.92. The van der Waals surface area contributed by atoms with Crippen LogP contribution in [0, 0.1) is 0 Å². The summed E-state index contributed by atoms with van der Waals surface area (Å²) < 4.78 is 4.90. The molecule has 1 saturated heterocycles. The zero-order valence-corrected chi connectivity index (χ0v) is 9.55. The summed E-state index contributed by atoms with van der Waals surface area (Å²) in [6.45, 7) is 1.96. The van der Waals surface area contributed by atoms with Gasteiger partial charge in [-0.25, -0.2) is 9.69 Å². The third-order valence-corrected chi connectivity index (χ3v) is 2.88. The fourth-order valence-corrected chi connectivity index (χ4v) is 2.09. The zero-order chi connectivity index (χ0) is 12.5. The molecular weight excluding hydrogens is 217 g/mol. The first-order chi connectivity index (χ1) is 8.03. The monoisotopic (exact) mass is 229 g/mol. The minimum Gasteiger partial charge on any atom is -0.447 e. The molecule has 2 radical (unpaired) electrons. The van der Waals surface area contributed by atoms with E-state index in [9.17, 15) is 9.59 Å². The van der Waals surface area contributed by atoms with Crippen molar-refractivity contribution in [2.75, 3.05) is 6.61 Å². The highest BCUT2D eigenvalue weighted by atomic mass is 16.6. The van der Waals surface area contributed by atoms with Crippen molar-refractivity contribution >= 4 is 19.7 Å². The van der Waals surface area contributed by atoms with Crippen molar-refractivity contribution in [2.45, 2.75) is 18.9 Å². The Morgan fingerprint density at radius 3 is 2.71 bits per heavy atom. The van der Waals surface area contributed by atoms with E-state index >= 15 is 0 Å². The highest BCUT2D eigenvalue weighted by Crippen LogP contribution is 2.28. The van der Waals surface area contributed by atoms with Gasteiger partial charge < -0.3 is 4.74 Å². The molecule has 1 unspecified atom stereocenters. The number of carbonyl (C=O) groups is 2.